The smallest absolute Gasteiger partial charge is 0.327 e. The van der Waals surface area contributed by atoms with Gasteiger partial charge in [0.2, 0.25) is 0 Å². The Balaban J connectivity index is 2.32. The molecule has 1 unspecified atom stereocenters. The molecule has 23 heavy (non-hydrogen) atoms. The van der Waals surface area contributed by atoms with Crippen molar-refractivity contribution in [2.75, 3.05) is 0 Å². The number of aliphatic carboxylic acids is 2. The molecule has 0 spiro atoms. The summed E-state index contributed by atoms with van der Waals surface area (Å²) in [5.74, 6) is -3.30. The van der Waals surface area contributed by atoms with Crippen molar-refractivity contribution >= 4 is 52.2 Å². The number of carboxylic acids is 2. The van der Waals surface area contributed by atoms with Crippen LogP contribution in [0.15, 0.2) is 29.2 Å². The topological polar surface area (TPSA) is 94.9 Å². The van der Waals surface area contributed by atoms with E-state index in [2.05, 4.69) is 0 Å². The van der Waals surface area contributed by atoms with Crippen molar-refractivity contribution in [1.82, 2.24) is 4.90 Å². The summed E-state index contributed by atoms with van der Waals surface area (Å²) in [5, 5.41) is 18.0. The predicted octanol–water partition coefficient (Wildman–Crippen LogP) is 2.12. The van der Waals surface area contributed by atoms with E-state index in [-0.39, 0.29) is 9.23 Å². The number of hydrogen-bond donors (Lipinski definition) is 2. The highest BCUT2D eigenvalue weighted by molar-refractivity contribution is 8.26. The first kappa shape index (κ1) is 17.2. The van der Waals surface area contributed by atoms with Gasteiger partial charge in [0.05, 0.1) is 11.3 Å². The summed E-state index contributed by atoms with van der Waals surface area (Å²) < 4.78 is 0.0440. The molecule has 2 N–H and O–H groups in total. The van der Waals surface area contributed by atoms with E-state index in [0.717, 1.165) is 27.8 Å². The van der Waals surface area contributed by atoms with Crippen molar-refractivity contribution in [3.05, 3.63) is 40.3 Å². The second kappa shape index (κ2) is 6.93. The summed E-state index contributed by atoms with van der Waals surface area (Å²) in [7, 11) is 0. The molecule has 6 nitrogen and oxygen atoms in total. The van der Waals surface area contributed by atoms with E-state index in [1.54, 1.807) is 6.08 Å². The van der Waals surface area contributed by atoms with E-state index in [4.69, 9.17) is 17.3 Å². The van der Waals surface area contributed by atoms with E-state index >= 15 is 0 Å². The third kappa shape index (κ3) is 3.96. The Bertz CT molecular complexity index is 728. The highest BCUT2D eigenvalue weighted by atomic mass is 32.2. The van der Waals surface area contributed by atoms with Crippen molar-refractivity contribution in [2.24, 2.45) is 0 Å². The van der Waals surface area contributed by atoms with Gasteiger partial charge in [-0.2, -0.15) is 0 Å². The van der Waals surface area contributed by atoms with Crippen LogP contribution in [-0.2, 0) is 14.4 Å². The molecule has 1 aromatic carbocycles. The molecule has 1 aliphatic rings. The van der Waals surface area contributed by atoms with Gasteiger partial charge in [-0.05, 0) is 18.6 Å². The fourth-order valence-corrected chi connectivity index (χ4v) is 3.47. The first-order valence-electron chi connectivity index (χ1n) is 6.58. The molecule has 0 radical (unpaired) electrons. The molecule has 0 saturated carbocycles. The molecular formula is C15H13NO5S2. The minimum atomic E-state index is -1.51. The highest BCUT2D eigenvalue weighted by Crippen LogP contribution is 2.34. The lowest BCUT2D eigenvalue weighted by Gasteiger charge is -2.21. The van der Waals surface area contributed by atoms with Crippen molar-refractivity contribution in [2.45, 2.75) is 19.4 Å². The second-order valence-electron chi connectivity index (χ2n) is 4.92. The summed E-state index contributed by atoms with van der Waals surface area (Å²) in [6.07, 6.45) is 0.908. The van der Waals surface area contributed by atoms with E-state index in [0.29, 0.717) is 0 Å². The Morgan fingerprint density at radius 1 is 1.39 bits per heavy atom. The first-order chi connectivity index (χ1) is 10.8. The summed E-state index contributed by atoms with van der Waals surface area (Å²) >= 11 is 6.02. The molecule has 1 saturated heterocycles. The first-order valence-corrected chi connectivity index (χ1v) is 7.80. The van der Waals surface area contributed by atoms with Crippen LogP contribution >= 0.6 is 24.0 Å². The van der Waals surface area contributed by atoms with Crippen LogP contribution in [0.3, 0.4) is 0 Å². The number of carbonyl (C=O) groups is 3. The Morgan fingerprint density at radius 3 is 2.65 bits per heavy atom. The fraction of sp³-hybridized carbons (Fsp3) is 0.200. The third-order valence-electron chi connectivity index (χ3n) is 3.13. The zero-order valence-corrected chi connectivity index (χ0v) is 13.7. The molecule has 0 bridgehead atoms. The number of benzene rings is 1. The van der Waals surface area contributed by atoms with Crippen LogP contribution in [0.1, 0.15) is 17.5 Å². The molecule has 1 amide bonds. The van der Waals surface area contributed by atoms with Gasteiger partial charge in [0.15, 0.2) is 0 Å². The highest BCUT2D eigenvalue weighted by Gasteiger charge is 2.41. The van der Waals surface area contributed by atoms with Gasteiger partial charge in [0, 0.05) is 0 Å². The lowest BCUT2D eigenvalue weighted by atomic mass is 10.1. The fourth-order valence-electron chi connectivity index (χ4n) is 2.11. The zero-order chi connectivity index (χ0) is 17.1. The maximum absolute atomic E-state index is 12.4. The maximum atomic E-state index is 12.4. The molecule has 2 rings (SSSR count). The summed E-state index contributed by atoms with van der Waals surface area (Å²) in [4.78, 5) is 35.7. The van der Waals surface area contributed by atoms with Crippen molar-refractivity contribution in [3.63, 3.8) is 0 Å². The average molecular weight is 351 g/mol. The summed E-state index contributed by atoms with van der Waals surface area (Å²) in [6.45, 7) is 1.91. The molecule has 0 aliphatic carbocycles. The number of thioether (sulfide) groups is 1. The SMILES string of the molecule is Cc1cccc(C=C2SC(=S)N(C(CC(=O)O)C(=O)O)C2=O)c1. The van der Waals surface area contributed by atoms with Gasteiger partial charge in [-0.15, -0.1) is 0 Å². The molecule has 1 aliphatic heterocycles. The van der Waals surface area contributed by atoms with Gasteiger partial charge in [-0.25, -0.2) is 4.79 Å². The molecule has 1 heterocycles. The minimum absolute atomic E-state index is 0.0440. The molecule has 0 aromatic heterocycles. The lowest BCUT2D eigenvalue weighted by Crippen LogP contribution is -2.45. The van der Waals surface area contributed by atoms with Crippen molar-refractivity contribution < 1.29 is 24.6 Å². The number of carboxylic acid groups (broad SMARTS) is 2. The number of hydrogen-bond acceptors (Lipinski definition) is 5. The zero-order valence-electron chi connectivity index (χ0n) is 12.1. The molecule has 1 fully saturated rings. The number of amides is 1. The third-order valence-corrected chi connectivity index (χ3v) is 4.46. The quantitative estimate of drug-likeness (QED) is 0.620. The van der Waals surface area contributed by atoms with Gasteiger partial charge >= 0.3 is 11.9 Å². The molecule has 120 valence electrons. The second-order valence-corrected chi connectivity index (χ2v) is 6.59. The molecule has 1 aromatic rings. The van der Waals surface area contributed by atoms with Gasteiger partial charge < -0.3 is 10.2 Å². The van der Waals surface area contributed by atoms with Crippen LogP contribution in [0, 0.1) is 6.92 Å². The molecule has 1 atom stereocenters. The summed E-state index contributed by atoms with van der Waals surface area (Å²) in [6, 6.07) is 5.93. The van der Waals surface area contributed by atoms with Crippen LogP contribution in [0.25, 0.3) is 6.08 Å². The maximum Gasteiger partial charge on any atom is 0.327 e. The number of nitrogens with zero attached hydrogens (tertiary/aromatic N) is 1. The number of thiocarbonyl (C=S) groups is 1. The van der Waals surface area contributed by atoms with Crippen LogP contribution in [0.5, 0.6) is 0 Å². The number of rotatable bonds is 5. The lowest BCUT2D eigenvalue weighted by molar-refractivity contribution is -0.150. The Kier molecular flexibility index (Phi) is 5.17. The van der Waals surface area contributed by atoms with E-state index in [9.17, 15) is 19.5 Å². The number of carbonyl (C=O) groups excluding carboxylic acids is 1. The van der Waals surface area contributed by atoms with Crippen molar-refractivity contribution in [1.29, 1.82) is 0 Å². The van der Waals surface area contributed by atoms with Crippen molar-refractivity contribution in [3.8, 4) is 0 Å². The summed E-state index contributed by atoms with van der Waals surface area (Å²) in [5.41, 5.74) is 1.80. The van der Waals surface area contributed by atoms with Gasteiger partial charge in [0.25, 0.3) is 5.91 Å². The standard InChI is InChI=1S/C15H13NO5S2/c1-8-3-2-4-9(5-8)6-11-13(19)16(15(22)23-11)10(14(20)21)7-12(17)18/h2-6,10H,7H2,1H3,(H,17,18)(H,20,21). The van der Waals surface area contributed by atoms with E-state index in [1.165, 1.54) is 0 Å². The molecule has 8 heteroatoms. The Morgan fingerprint density at radius 2 is 2.09 bits per heavy atom. The normalized spacial score (nSPS) is 17.6. The minimum Gasteiger partial charge on any atom is -0.481 e. The van der Waals surface area contributed by atoms with Gasteiger partial charge in [-0.1, -0.05) is 53.8 Å². The largest absolute Gasteiger partial charge is 0.481 e. The van der Waals surface area contributed by atoms with Crippen LogP contribution in [0.4, 0.5) is 0 Å². The van der Waals surface area contributed by atoms with Crippen LogP contribution in [0.2, 0.25) is 0 Å². The number of aryl methyl sites for hydroxylation is 1. The van der Waals surface area contributed by atoms with E-state index in [1.807, 2.05) is 31.2 Å². The van der Waals surface area contributed by atoms with Crippen LogP contribution < -0.4 is 0 Å². The van der Waals surface area contributed by atoms with Gasteiger partial charge in [-0.3, -0.25) is 14.5 Å². The molecular weight excluding hydrogens is 338 g/mol. The average Bonchev–Trinajstić information content (AvgIpc) is 2.71. The Labute approximate surface area is 141 Å². The van der Waals surface area contributed by atoms with E-state index < -0.39 is 30.3 Å². The Hall–Kier alpha value is -2.19. The van der Waals surface area contributed by atoms with Crippen LogP contribution in [-0.4, -0.2) is 43.3 Å². The predicted molar refractivity (Wildman–Crippen MR) is 89.9 cm³/mol. The van der Waals surface area contributed by atoms with Gasteiger partial charge in [0.1, 0.15) is 10.4 Å². The monoisotopic (exact) mass is 351 g/mol.